The number of carbonyl (C=O) groups excluding carboxylic acids is 1. The zero-order valence-corrected chi connectivity index (χ0v) is 11.4. The van der Waals surface area contributed by atoms with Gasteiger partial charge in [0.2, 0.25) is 0 Å². The average Bonchev–Trinajstić information content (AvgIpc) is 2.22. The van der Waals surface area contributed by atoms with Crippen molar-refractivity contribution in [2.75, 3.05) is 11.9 Å². The number of carboxylic acid groups (broad SMARTS) is 1. The van der Waals surface area contributed by atoms with Gasteiger partial charge in [0.1, 0.15) is 18.2 Å². The lowest BCUT2D eigenvalue weighted by Crippen LogP contribution is -2.50. The number of hydrogen-bond donors (Lipinski definition) is 2. The molecule has 0 atom stereocenters. The van der Waals surface area contributed by atoms with Gasteiger partial charge in [0.05, 0.1) is 0 Å². The van der Waals surface area contributed by atoms with Crippen molar-refractivity contribution >= 4 is 17.7 Å². The predicted molar refractivity (Wildman–Crippen MR) is 69.5 cm³/mol. The Bertz CT molecular complexity index is 507. The topological polar surface area (TPSA) is 69.6 Å². The van der Waals surface area contributed by atoms with Gasteiger partial charge in [-0.15, -0.1) is 0 Å². The second kappa shape index (κ2) is 5.85. The number of benzene rings is 1. The van der Waals surface area contributed by atoms with E-state index < -0.39 is 35.7 Å². The Morgan fingerprint density at radius 2 is 1.70 bits per heavy atom. The zero-order chi connectivity index (χ0) is 15.5. The Kier molecular flexibility index (Phi) is 4.65. The van der Waals surface area contributed by atoms with E-state index in [1.54, 1.807) is 20.8 Å². The van der Waals surface area contributed by atoms with Crippen molar-refractivity contribution in [3.8, 4) is 0 Å². The molecular weight excluding hydrogens is 270 g/mol. The highest BCUT2D eigenvalue weighted by Crippen LogP contribution is 2.17. The Hall–Kier alpha value is -2.18. The normalized spacial score (nSPS) is 11.1. The van der Waals surface area contributed by atoms with Crippen LogP contribution in [0.5, 0.6) is 0 Å². The Labute approximate surface area is 115 Å². The fraction of sp³-hybridized carbons (Fsp3) is 0.385. The van der Waals surface area contributed by atoms with Crippen molar-refractivity contribution in [3.63, 3.8) is 0 Å². The zero-order valence-electron chi connectivity index (χ0n) is 11.4. The third kappa shape index (κ3) is 4.49. The van der Waals surface area contributed by atoms with Gasteiger partial charge < -0.3 is 15.3 Å². The molecule has 0 unspecified atom stereocenters. The molecule has 0 aromatic heterocycles. The van der Waals surface area contributed by atoms with Gasteiger partial charge in [-0.2, -0.15) is 0 Å². The Morgan fingerprint density at radius 3 is 2.10 bits per heavy atom. The molecule has 7 heteroatoms. The maximum Gasteiger partial charge on any atom is 0.323 e. The maximum atomic E-state index is 13.0. The predicted octanol–water partition coefficient (Wildman–Crippen LogP) is 2.68. The van der Waals surface area contributed by atoms with Gasteiger partial charge in [-0.3, -0.25) is 4.79 Å². The molecular formula is C13H16F2N2O3. The second-order valence-corrected chi connectivity index (χ2v) is 5.24. The fourth-order valence-electron chi connectivity index (χ4n) is 1.57. The Morgan fingerprint density at radius 1 is 1.20 bits per heavy atom. The third-order valence-corrected chi connectivity index (χ3v) is 2.46. The number of urea groups is 1. The monoisotopic (exact) mass is 286 g/mol. The van der Waals surface area contributed by atoms with Crippen molar-refractivity contribution in [2.24, 2.45) is 0 Å². The van der Waals surface area contributed by atoms with Gasteiger partial charge in [0, 0.05) is 17.3 Å². The highest BCUT2D eigenvalue weighted by molar-refractivity contribution is 5.91. The first-order chi connectivity index (χ1) is 9.09. The average molecular weight is 286 g/mol. The molecule has 0 bridgehead atoms. The van der Waals surface area contributed by atoms with Crippen molar-refractivity contribution < 1.29 is 23.5 Å². The molecule has 0 aliphatic rings. The molecule has 1 aromatic rings. The summed E-state index contributed by atoms with van der Waals surface area (Å²) in [5, 5.41) is 11.1. The van der Waals surface area contributed by atoms with Crippen LogP contribution in [0.15, 0.2) is 18.2 Å². The molecule has 2 amide bonds. The van der Waals surface area contributed by atoms with E-state index >= 15 is 0 Å². The summed E-state index contributed by atoms with van der Waals surface area (Å²) in [5.74, 6) is -2.85. The maximum absolute atomic E-state index is 13.0. The molecule has 0 saturated heterocycles. The van der Waals surface area contributed by atoms with E-state index in [1.807, 2.05) is 0 Å². The van der Waals surface area contributed by atoms with Gasteiger partial charge in [-0.05, 0) is 32.9 Å². The minimum Gasteiger partial charge on any atom is -0.480 e. The number of amides is 2. The molecule has 2 N–H and O–H groups in total. The van der Waals surface area contributed by atoms with Gasteiger partial charge in [0.15, 0.2) is 0 Å². The number of nitrogens with zero attached hydrogens (tertiary/aromatic N) is 1. The van der Waals surface area contributed by atoms with Crippen molar-refractivity contribution in [1.29, 1.82) is 0 Å². The van der Waals surface area contributed by atoms with E-state index in [9.17, 15) is 18.4 Å². The lowest BCUT2D eigenvalue weighted by Gasteiger charge is -2.34. The van der Waals surface area contributed by atoms with Crippen molar-refractivity contribution in [1.82, 2.24) is 4.90 Å². The molecule has 0 aliphatic heterocycles. The summed E-state index contributed by atoms with van der Waals surface area (Å²) in [5.41, 5.74) is -0.832. The summed E-state index contributed by atoms with van der Waals surface area (Å²) in [4.78, 5) is 23.9. The molecule has 0 spiro atoms. The number of carbonyl (C=O) groups is 2. The molecule has 1 aromatic carbocycles. The molecule has 0 saturated carbocycles. The van der Waals surface area contributed by atoms with E-state index in [1.165, 1.54) is 0 Å². The second-order valence-electron chi connectivity index (χ2n) is 5.24. The highest BCUT2D eigenvalue weighted by Gasteiger charge is 2.28. The third-order valence-electron chi connectivity index (χ3n) is 2.46. The first kappa shape index (κ1) is 15.9. The van der Waals surface area contributed by atoms with E-state index in [0.29, 0.717) is 6.07 Å². The van der Waals surface area contributed by atoms with E-state index in [4.69, 9.17) is 5.11 Å². The number of halogens is 2. The number of rotatable bonds is 3. The fourth-order valence-corrected chi connectivity index (χ4v) is 1.57. The van der Waals surface area contributed by atoms with Crippen LogP contribution in [0.2, 0.25) is 0 Å². The minimum absolute atomic E-state index is 0.0767. The van der Waals surface area contributed by atoms with Gasteiger partial charge >= 0.3 is 12.0 Å². The first-order valence-electron chi connectivity index (χ1n) is 5.86. The number of anilines is 1. The summed E-state index contributed by atoms with van der Waals surface area (Å²) >= 11 is 0. The van der Waals surface area contributed by atoms with Crippen LogP contribution in [0, 0.1) is 11.6 Å². The number of nitrogens with one attached hydrogen (secondary N) is 1. The lowest BCUT2D eigenvalue weighted by molar-refractivity contribution is -0.138. The highest BCUT2D eigenvalue weighted by atomic mass is 19.1. The number of aliphatic carboxylic acids is 1. The van der Waals surface area contributed by atoms with Gasteiger partial charge in [-0.1, -0.05) is 0 Å². The number of carboxylic acids is 1. The molecule has 110 valence electrons. The SMILES string of the molecule is CC(C)(C)N(CC(=O)O)C(=O)Nc1cc(F)cc(F)c1. The molecule has 0 fully saturated rings. The van der Waals surface area contributed by atoms with Crippen LogP contribution in [-0.2, 0) is 4.79 Å². The quantitative estimate of drug-likeness (QED) is 0.897. The van der Waals surface area contributed by atoms with E-state index in [-0.39, 0.29) is 5.69 Å². The smallest absolute Gasteiger partial charge is 0.323 e. The molecule has 1 rings (SSSR count). The molecule has 0 aliphatic carbocycles. The first-order valence-corrected chi connectivity index (χ1v) is 5.86. The summed E-state index contributed by atoms with van der Waals surface area (Å²) < 4.78 is 26.0. The van der Waals surface area contributed by atoms with Crippen LogP contribution in [0.4, 0.5) is 19.3 Å². The van der Waals surface area contributed by atoms with Gasteiger partial charge in [-0.25, -0.2) is 13.6 Å². The van der Waals surface area contributed by atoms with Crippen LogP contribution in [0.25, 0.3) is 0 Å². The van der Waals surface area contributed by atoms with E-state index in [2.05, 4.69) is 5.32 Å². The van der Waals surface area contributed by atoms with Crippen LogP contribution < -0.4 is 5.32 Å². The summed E-state index contributed by atoms with van der Waals surface area (Å²) in [7, 11) is 0. The van der Waals surface area contributed by atoms with Crippen LogP contribution in [0.1, 0.15) is 20.8 Å². The lowest BCUT2D eigenvalue weighted by atomic mass is 10.1. The van der Waals surface area contributed by atoms with Crippen LogP contribution in [0.3, 0.4) is 0 Å². The molecule has 0 radical (unpaired) electrons. The summed E-state index contributed by atoms with van der Waals surface area (Å²) in [6.45, 7) is 4.44. The van der Waals surface area contributed by atoms with Gasteiger partial charge in [0.25, 0.3) is 0 Å². The largest absolute Gasteiger partial charge is 0.480 e. The molecule has 5 nitrogen and oxygen atoms in total. The molecule has 0 heterocycles. The van der Waals surface area contributed by atoms with E-state index in [0.717, 1.165) is 17.0 Å². The Balaban J connectivity index is 2.93. The van der Waals surface area contributed by atoms with Crippen molar-refractivity contribution in [2.45, 2.75) is 26.3 Å². The van der Waals surface area contributed by atoms with Crippen LogP contribution >= 0.6 is 0 Å². The van der Waals surface area contributed by atoms with Crippen LogP contribution in [-0.4, -0.2) is 34.1 Å². The number of hydrogen-bond acceptors (Lipinski definition) is 2. The minimum atomic E-state index is -1.18. The molecule has 20 heavy (non-hydrogen) atoms. The summed E-state index contributed by atoms with van der Waals surface area (Å²) in [6.07, 6.45) is 0. The van der Waals surface area contributed by atoms with Crippen molar-refractivity contribution in [3.05, 3.63) is 29.8 Å². The standard InChI is InChI=1S/C13H16F2N2O3/c1-13(2,3)17(7-11(18)19)12(20)16-10-5-8(14)4-9(15)6-10/h4-6H,7H2,1-3H3,(H,16,20)(H,18,19). The summed E-state index contributed by atoms with van der Waals surface area (Å²) in [6, 6.07) is 1.82.